The fourth-order valence-corrected chi connectivity index (χ4v) is 1.30. The zero-order valence-corrected chi connectivity index (χ0v) is 7.18. The van der Waals surface area contributed by atoms with Gasteiger partial charge in [-0.1, -0.05) is 0 Å². The summed E-state index contributed by atoms with van der Waals surface area (Å²) in [5.41, 5.74) is 6.53. The number of aromatic nitrogens is 1. The largest absolute Gasteiger partial charge is 0.398 e. The number of anilines is 1. The normalized spacial score (nSPS) is 10.3. The van der Waals surface area contributed by atoms with Crippen LogP contribution in [-0.2, 0) is 0 Å². The maximum absolute atomic E-state index is 10.5. The Hall–Kier alpha value is -2.17. The number of nitro groups is 1. The summed E-state index contributed by atoms with van der Waals surface area (Å²) in [5, 5.41) is 11.3. The highest BCUT2D eigenvalue weighted by Crippen LogP contribution is 2.25. The number of nitro benzene ring substituents is 1. The van der Waals surface area contributed by atoms with E-state index in [1.165, 1.54) is 12.1 Å². The second-order valence-corrected chi connectivity index (χ2v) is 2.86. The summed E-state index contributed by atoms with van der Waals surface area (Å²) in [4.78, 5) is 14.0. The van der Waals surface area contributed by atoms with Crippen molar-refractivity contribution in [3.8, 4) is 0 Å². The lowest BCUT2D eigenvalue weighted by Crippen LogP contribution is -1.93. The third-order valence-electron chi connectivity index (χ3n) is 1.95. The first-order chi connectivity index (χ1) is 6.68. The van der Waals surface area contributed by atoms with Gasteiger partial charge in [0.25, 0.3) is 5.69 Å². The molecule has 1 aromatic heterocycles. The number of fused-ring (bicyclic) bond motifs is 1. The van der Waals surface area contributed by atoms with Crippen molar-refractivity contribution in [3.63, 3.8) is 0 Å². The van der Waals surface area contributed by atoms with Crippen LogP contribution in [0.3, 0.4) is 0 Å². The Morgan fingerprint density at radius 1 is 1.43 bits per heavy atom. The molecule has 2 aromatic rings. The molecule has 0 unspecified atom stereocenters. The van der Waals surface area contributed by atoms with E-state index in [1.54, 1.807) is 18.3 Å². The van der Waals surface area contributed by atoms with Crippen LogP contribution < -0.4 is 5.73 Å². The molecular weight excluding hydrogens is 182 g/mol. The van der Waals surface area contributed by atoms with Gasteiger partial charge in [-0.25, -0.2) is 0 Å². The highest BCUT2D eigenvalue weighted by Gasteiger charge is 2.09. The summed E-state index contributed by atoms with van der Waals surface area (Å²) in [7, 11) is 0. The van der Waals surface area contributed by atoms with E-state index in [-0.39, 0.29) is 5.69 Å². The van der Waals surface area contributed by atoms with E-state index in [9.17, 15) is 10.1 Å². The fraction of sp³-hybridized carbons (Fsp3) is 0. The Morgan fingerprint density at radius 3 is 2.93 bits per heavy atom. The van der Waals surface area contributed by atoms with Gasteiger partial charge in [-0.2, -0.15) is 0 Å². The minimum atomic E-state index is -0.482. The van der Waals surface area contributed by atoms with Gasteiger partial charge in [0.05, 0.1) is 10.4 Å². The maximum atomic E-state index is 10.5. The van der Waals surface area contributed by atoms with Crippen LogP contribution in [0.5, 0.6) is 0 Å². The molecular formula is C9H7N3O2. The first-order valence-corrected chi connectivity index (χ1v) is 3.97. The van der Waals surface area contributed by atoms with Gasteiger partial charge < -0.3 is 5.73 Å². The average Bonchev–Trinajstić information content (AvgIpc) is 2.17. The number of rotatable bonds is 1. The molecule has 1 aromatic carbocycles. The molecule has 0 bridgehead atoms. The number of non-ortho nitro benzene ring substituents is 1. The average molecular weight is 189 g/mol. The van der Waals surface area contributed by atoms with E-state index >= 15 is 0 Å². The number of pyridine rings is 1. The molecule has 1 heterocycles. The van der Waals surface area contributed by atoms with E-state index in [0.717, 1.165) is 5.39 Å². The molecule has 0 atom stereocenters. The Bertz CT molecular complexity index is 510. The molecule has 0 radical (unpaired) electrons. The molecule has 0 fully saturated rings. The van der Waals surface area contributed by atoms with Crippen LogP contribution in [0.25, 0.3) is 10.9 Å². The molecule has 2 N–H and O–H groups in total. The summed E-state index contributed by atoms with van der Waals surface area (Å²) in [6.07, 6.45) is 1.57. The van der Waals surface area contributed by atoms with Crippen molar-refractivity contribution in [1.29, 1.82) is 0 Å². The van der Waals surface area contributed by atoms with Crippen LogP contribution in [0, 0.1) is 10.1 Å². The van der Waals surface area contributed by atoms with Gasteiger partial charge >= 0.3 is 0 Å². The fourth-order valence-electron chi connectivity index (χ4n) is 1.30. The summed E-state index contributed by atoms with van der Waals surface area (Å²) < 4.78 is 0. The molecule has 2 rings (SSSR count). The predicted molar refractivity (Wildman–Crippen MR) is 52.8 cm³/mol. The summed E-state index contributed by atoms with van der Waals surface area (Å²) in [5.74, 6) is 0. The van der Waals surface area contributed by atoms with Crippen molar-refractivity contribution in [2.45, 2.75) is 0 Å². The van der Waals surface area contributed by atoms with Gasteiger partial charge in [-0.3, -0.25) is 15.1 Å². The van der Waals surface area contributed by atoms with Crippen molar-refractivity contribution in [2.75, 3.05) is 5.73 Å². The smallest absolute Gasteiger partial charge is 0.273 e. The molecule has 0 spiro atoms. The van der Waals surface area contributed by atoms with E-state index in [0.29, 0.717) is 11.2 Å². The van der Waals surface area contributed by atoms with Gasteiger partial charge in [0.2, 0.25) is 0 Å². The molecule has 0 aliphatic carbocycles. The molecule has 0 aliphatic heterocycles. The van der Waals surface area contributed by atoms with Gasteiger partial charge in [0, 0.05) is 29.4 Å². The Morgan fingerprint density at radius 2 is 2.21 bits per heavy atom. The van der Waals surface area contributed by atoms with Gasteiger partial charge in [0.15, 0.2) is 0 Å². The number of nitrogens with two attached hydrogens (primary N) is 1. The van der Waals surface area contributed by atoms with Crippen molar-refractivity contribution in [3.05, 3.63) is 40.6 Å². The monoisotopic (exact) mass is 189 g/mol. The molecule has 5 heteroatoms. The van der Waals surface area contributed by atoms with Crippen LogP contribution in [0.1, 0.15) is 0 Å². The summed E-state index contributed by atoms with van der Waals surface area (Å²) in [6.45, 7) is 0. The van der Waals surface area contributed by atoms with Crippen LogP contribution >= 0.6 is 0 Å². The minimum Gasteiger partial charge on any atom is -0.398 e. The molecule has 14 heavy (non-hydrogen) atoms. The predicted octanol–water partition coefficient (Wildman–Crippen LogP) is 1.73. The second-order valence-electron chi connectivity index (χ2n) is 2.86. The molecule has 0 saturated carbocycles. The van der Waals surface area contributed by atoms with E-state index < -0.39 is 4.92 Å². The molecule has 0 amide bonds. The quantitative estimate of drug-likeness (QED) is 0.420. The number of nitrogen functional groups attached to an aromatic ring is 1. The third-order valence-corrected chi connectivity index (χ3v) is 1.95. The third kappa shape index (κ3) is 1.24. The standard InChI is InChI=1S/C9H7N3O2/c10-8-4-6(12(13)14)5-9-7(8)2-1-3-11-9/h1-5H,10H2. The second kappa shape index (κ2) is 2.95. The lowest BCUT2D eigenvalue weighted by Gasteiger charge is -2.00. The van der Waals surface area contributed by atoms with Crippen LogP contribution in [0.2, 0.25) is 0 Å². The summed E-state index contributed by atoms with van der Waals surface area (Å²) in [6, 6.07) is 6.27. The Kier molecular flexibility index (Phi) is 1.78. The summed E-state index contributed by atoms with van der Waals surface area (Å²) >= 11 is 0. The number of benzene rings is 1. The minimum absolute atomic E-state index is 0.0336. The van der Waals surface area contributed by atoms with Crippen molar-refractivity contribution >= 4 is 22.3 Å². The number of hydrogen-bond acceptors (Lipinski definition) is 4. The van der Waals surface area contributed by atoms with Crippen LogP contribution in [-0.4, -0.2) is 9.91 Å². The highest BCUT2D eigenvalue weighted by atomic mass is 16.6. The highest BCUT2D eigenvalue weighted by molar-refractivity contribution is 5.92. The number of hydrogen-bond donors (Lipinski definition) is 1. The Balaban J connectivity index is 2.78. The molecule has 0 aliphatic rings. The zero-order valence-electron chi connectivity index (χ0n) is 7.18. The van der Waals surface area contributed by atoms with Crippen molar-refractivity contribution < 1.29 is 4.92 Å². The first-order valence-electron chi connectivity index (χ1n) is 3.97. The lowest BCUT2D eigenvalue weighted by molar-refractivity contribution is -0.384. The van der Waals surface area contributed by atoms with Crippen molar-refractivity contribution in [2.24, 2.45) is 0 Å². The molecule has 0 saturated heterocycles. The molecule has 5 nitrogen and oxygen atoms in total. The first kappa shape index (κ1) is 8.43. The zero-order chi connectivity index (χ0) is 10.1. The Labute approximate surface area is 79.3 Å². The topological polar surface area (TPSA) is 82.0 Å². The maximum Gasteiger partial charge on any atom is 0.273 e. The van der Waals surface area contributed by atoms with Crippen LogP contribution in [0.4, 0.5) is 11.4 Å². The van der Waals surface area contributed by atoms with Gasteiger partial charge in [-0.05, 0) is 12.1 Å². The SMILES string of the molecule is Nc1cc([N+](=O)[O-])cc2ncccc12. The van der Waals surface area contributed by atoms with Gasteiger partial charge in [0.1, 0.15) is 0 Å². The van der Waals surface area contributed by atoms with Gasteiger partial charge in [-0.15, -0.1) is 0 Å². The van der Waals surface area contributed by atoms with Crippen LogP contribution in [0.15, 0.2) is 30.5 Å². The number of nitrogens with zero attached hydrogens (tertiary/aromatic N) is 2. The van der Waals surface area contributed by atoms with Crippen molar-refractivity contribution in [1.82, 2.24) is 4.98 Å². The molecule has 70 valence electrons. The van der Waals surface area contributed by atoms with E-state index in [4.69, 9.17) is 5.73 Å². The van der Waals surface area contributed by atoms with E-state index in [1.807, 2.05) is 0 Å². The van der Waals surface area contributed by atoms with E-state index in [2.05, 4.69) is 4.98 Å². The lowest BCUT2D eigenvalue weighted by atomic mass is 10.1.